The standard InChI is InChI=1S/C29H27ClN6O2S2/c1-19-6-3-4-7-23(19)34-11-13-35(14-12-34)28(37)22-17-39-26(31-22)18-40-29-33-32-27(25-8-5-15-38-25)36(29)24-16-21(30)10-9-20(24)2/h3-10,15-17H,11-14,18H2,1-2H3. The minimum Gasteiger partial charge on any atom is -0.461 e. The summed E-state index contributed by atoms with van der Waals surface area (Å²) >= 11 is 9.34. The Bertz CT molecular complexity index is 1640. The largest absolute Gasteiger partial charge is 0.461 e. The van der Waals surface area contributed by atoms with Crippen molar-refractivity contribution in [1.29, 1.82) is 0 Å². The van der Waals surface area contributed by atoms with Crippen LogP contribution in [0.5, 0.6) is 0 Å². The summed E-state index contributed by atoms with van der Waals surface area (Å²) in [5, 5.41) is 12.9. The topological polar surface area (TPSA) is 80.3 Å². The van der Waals surface area contributed by atoms with Crippen LogP contribution < -0.4 is 4.90 Å². The predicted octanol–water partition coefficient (Wildman–Crippen LogP) is 6.51. The van der Waals surface area contributed by atoms with Gasteiger partial charge in [0.2, 0.25) is 5.82 Å². The number of carbonyl (C=O) groups excluding carboxylic acids is 1. The summed E-state index contributed by atoms with van der Waals surface area (Å²) in [4.78, 5) is 22.2. The van der Waals surface area contributed by atoms with Gasteiger partial charge in [0.25, 0.3) is 5.91 Å². The fraction of sp³-hybridized carbons (Fsp3) is 0.241. The van der Waals surface area contributed by atoms with E-state index >= 15 is 0 Å². The van der Waals surface area contributed by atoms with E-state index in [-0.39, 0.29) is 5.91 Å². The molecule has 1 saturated heterocycles. The number of para-hydroxylation sites is 1. The molecule has 0 unspecified atom stereocenters. The Morgan fingerprint density at radius 2 is 1.80 bits per heavy atom. The van der Waals surface area contributed by atoms with E-state index in [1.807, 2.05) is 52.1 Å². The summed E-state index contributed by atoms with van der Waals surface area (Å²) in [5.74, 6) is 1.74. The van der Waals surface area contributed by atoms with Crippen molar-refractivity contribution in [3.63, 3.8) is 0 Å². The fourth-order valence-corrected chi connectivity index (χ4v) is 6.70. The summed E-state index contributed by atoms with van der Waals surface area (Å²) < 4.78 is 7.59. The lowest BCUT2D eigenvalue weighted by atomic mass is 10.1. The summed E-state index contributed by atoms with van der Waals surface area (Å²) in [6.45, 7) is 7.10. The van der Waals surface area contributed by atoms with Gasteiger partial charge in [-0.2, -0.15) is 0 Å². The zero-order valence-electron chi connectivity index (χ0n) is 22.1. The van der Waals surface area contributed by atoms with Gasteiger partial charge < -0.3 is 14.2 Å². The predicted molar refractivity (Wildman–Crippen MR) is 160 cm³/mol. The average Bonchev–Trinajstić information content (AvgIpc) is 3.74. The highest BCUT2D eigenvalue weighted by Gasteiger charge is 2.25. The summed E-state index contributed by atoms with van der Waals surface area (Å²) in [5.41, 5.74) is 4.89. The van der Waals surface area contributed by atoms with Crippen molar-refractivity contribution in [2.75, 3.05) is 31.1 Å². The summed E-state index contributed by atoms with van der Waals surface area (Å²) in [6, 6.07) is 17.8. The molecule has 6 rings (SSSR count). The van der Waals surface area contributed by atoms with Crippen molar-refractivity contribution in [1.82, 2.24) is 24.6 Å². The molecule has 0 saturated carbocycles. The van der Waals surface area contributed by atoms with E-state index in [2.05, 4.69) is 51.3 Å². The molecule has 1 amide bonds. The molecule has 8 nitrogen and oxygen atoms in total. The maximum Gasteiger partial charge on any atom is 0.273 e. The number of rotatable bonds is 7. The molecule has 0 radical (unpaired) electrons. The summed E-state index contributed by atoms with van der Waals surface area (Å²) in [7, 11) is 0. The number of hydrogen-bond donors (Lipinski definition) is 0. The van der Waals surface area contributed by atoms with Crippen molar-refractivity contribution in [2.24, 2.45) is 0 Å². The zero-order chi connectivity index (χ0) is 27.6. The lowest BCUT2D eigenvalue weighted by molar-refractivity contribution is 0.0741. The number of halogens is 1. The van der Waals surface area contributed by atoms with Crippen LogP contribution >= 0.6 is 34.7 Å². The van der Waals surface area contributed by atoms with E-state index in [1.165, 1.54) is 34.3 Å². The van der Waals surface area contributed by atoms with Gasteiger partial charge in [-0.3, -0.25) is 9.36 Å². The number of benzene rings is 2. The maximum atomic E-state index is 13.2. The molecule has 1 aliphatic heterocycles. The Hall–Kier alpha value is -3.60. The zero-order valence-corrected chi connectivity index (χ0v) is 24.5. The quantitative estimate of drug-likeness (QED) is 0.200. The molecule has 11 heteroatoms. The van der Waals surface area contributed by atoms with Gasteiger partial charge in [0.1, 0.15) is 10.7 Å². The number of piperazine rings is 1. The van der Waals surface area contributed by atoms with E-state index in [4.69, 9.17) is 16.0 Å². The monoisotopic (exact) mass is 590 g/mol. The third-order valence-corrected chi connectivity index (χ3v) is 9.11. The highest BCUT2D eigenvalue weighted by molar-refractivity contribution is 7.98. The fourth-order valence-electron chi connectivity index (χ4n) is 4.80. The van der Waals surface area contributed by atoms with E-state index < -0.39 is 0 Å². The van der Waals surface area contributed by atoms with Gasteiger partial charge in [-0.25, -0.2) is 4.98 Å². The van der Waals surface area contributed by atoms with Crippen LogP contribution in [-0.2, 0) is 5.75 Å². The van der Waals surface area contributed by atoms with Crippen LogP contribution in [-0.4, -0.2) is 56.7 Å². The van der Waals surface area contributed by atoms with Crippen molar-refractivity contribution in [3.8, 4) is 17.3 Å². The Morgan fingerprint density at radius 3 is 2.58 bits per heavy atom. The van der Waals surface area contributed by atoms with Gasteiger partial charge in [0, 0.05) is 42.3 Å². The molecule has 0 aliphatic carbocycles. The molecule has 0 N–H and O–H groups in total. The second-order valence-corrected chi connectivity index (χ2v) is 11.9. The van der Waals surface area contributed by atoms with E-state index in [9.17, 15) is 4.79 Å². The van der Waals surface area contributed by atoms with Crippen LogP contribution in [0, 0.1) is 13.8 Å². The van der Waals surface area contributed by atoms with E-state index in [1.54, 1.807) is 6.26 Å². The molecule has 1 aliphatic rings. The van der Waals surface area contributed by atoms with Crippen LogP contribution in [0.3, 0.4) is 0 Å². The third-order valence-electron chi connectivity index (χ3n) is 6.91. The molecule has 0 atom stereocenters. The van der Waals surface area contributed by atoms with Gasteiger partial charge in [0.15, 0.2) is 10.9 Å². The van der Waals surface area contributed by atoms with Gasteiger partial charge in [-0.15, -0.1) is 21.5 Å². The highest BCUT2D eigenvalue weighted by atomic mass is 35.5. The molecule has 2 aromatic carbocycles. The molecular formula is C29H27ClN6O2S2. The number of anilines is 1. The maximum absolute atomic E-state index is 13.2. The van der Waals surface area contributed by atoms with Crippen molar-refractivity contribution < 1.29 is 9.21 Å². The number of thioether (sulfide) groups is 1. The minimum atomic E-state index is -0.0187. The summed E-state index contributed by atoms with van der Waals surface area (Å²) in [6.07, 6.45) is 1.61. The normalized spacial score (nSPS) is 13.7. The number of thiazole rings is 1. The van der Waals surface area contributed by atoms with Crippen LogP contribution in [0.25, 0.3) is 17.3 Å². The number of aromatic nitrogens is 4. The van der Waals surface area contributed by atoms with Crippen molar-refractivity contribution in [3.05, 3.63) is 93.1 Å². The molecule has 1 fully saturated rings. The van der Waals surface area contributed by atoms with Gasteiger partial charge in [-0.05, 0) is 55.3 Å². The van der Waals surface area contributed by atoms with Crippen LogP contribution in [0.2, 0.25) is 5.02 Å². The molecule has 0 spiro atoms. The molecule has 0 bridgehead atoms. The van der Waals surface area contributed by atoms with Crippen molar-refractivity contribution in [2.45, 2.75) is 24.8 Å². The van der Waals surface area contributed by atoms with Crippen molar-refractivity contribution >= 4 is 46.3 Å². The lowest BCUT2D eigenvalue weighted by Crippen LogP contribution is -2.49. The first-order valence-electron chi connectivity index (χ1n) is 12.9. The lowest BCUT2D eigenvalue weighted by Gasteiger charge is -2.36. The SMILES string of the molecule is Cc1ccccc1N1CCN(C(=O)c2csc(CSc3nnc(-c4ccco4)n3-c3cc(Cl)ccc3C)n2)CC1. The number of nitrogens with zero attached hydrogens (tertiary/aromatic N) is 6. The molecular weight excluding hydrogens is 564 g/mol. The first-order valence-corrected chi connectivity index (χ1v) is 15.1. The number of carbonyl (C=O) groups is 1. The van der Waals surface area contributed by atoms with Crippen LogP contribution in [0.15, 0.2) is 75.8 Å². The van der Waals surface area contributed by atoms with Gasteiger partial charge >= 0.3 is 0 Å². The van der Waals surface area contributed by atoms with E-state index in [0.717, 1.165) is 29.3 Å². The second-order valence-electron chi connectivity index (χ2n) is 9.53. The third kappa shape index (κ3) is 5.39. The first-order chi connectivity index (χ1) is 19.5. The molecule has 4 heterocycles. The Labute approximate surface area is 245 Å². The van der Waals surface area contributed by atoms with Gasteiger partial charge in [-0.1, -0.05) is 47.6 Å². The number of hydrogen-bond acceptors (Lipinski definition) is 8. The molecule has 3 aromatic heterocycles. The Kier molecular flexibility index (Phi) is 7.64. The molecule has 5 aromatic rings. The number of aryl methyl sites for hydroxylation is 2. The van der Waals surface area contributed by atoms with Crippen LogP contribution in [0.4, 0.5) is 5.69 Å². The first kappa shape index (κ1) is 26.6. The number of furan rings is 1. The smallest absolute Gasteiger partial charge is 0.273 e. The second kappa shape index (κ2) is 11.5. The minimum absolute atomic E-state index is 0.0187. The Balaban J connectivity index is 1.15. The molecule has 204 valence electrons. The molecule has 40 heavy (non-hydrogen) atoms. The Morgan fingerprint density at radius 1 is 1.00 bits per heavy atom. The van der Waals surface area contributed by atoms with E-state index in [0.29, 0.717) is 46.3 Å². The average molecular weight is 591 g/mol. The highest BCUT2D eigenvalue weighted by Crippen LogP contribution is 2.33. The van der Waals surface area contributed by atoms with Crippen LogP contribution in [0.1, 0.15) is 26.6 Å². The van der Waals surface area contributed by atoms with Gasteiger partial charge in [0.05, 0.1) is 17.7 Å². The number of amides is 1.